The molecule has 0 aliphatic carbocycles. The molecule has 0 aromatic rings. The third-order valence-corrected chi connectivity index (χ3v) is 5.01. The van der Waals surface area contributed by atoms with Crippen LogP contribution in [0.1, 0.15) is 19.3 Å². The van der Waals surface area contributed by atoms with Crippen LogP contribution in [0.3, 0.4) is 0 Å². The number of aliphatic hydroxyl groups excluding tert-OH is 1. The molecule has 3 N–H and O–H groups in total. The fourth-order valence-electron chi connectivity index (χ4n) is 1.25. The van der Waals surface area contributed by atoms with Gasteiger partial charge in [0.1, 0.15) is 0 Å². The van der Waals surface area contributed by atoms with E-state index in [9.17, 15) is 4.79 Å². The van der Waals surface area contributed by atoms with Crippen LogP contribution in [-0.4, -0.2) is 47.3 Å². The summed E-state index contributed by atoms with van der Waals surface area (Å²) in [6.45, 7) is 0.459. The van der Waals surface area contributed by atoms with Crippen LogP contribution in [0.15, 0.2) is 0 Å². The number of nitrogens with two attached hydrogens (primary N) is 1. The Morgan fingerprint density at radius 3 is 2.38 bits per heavy atom. The first-order chi connectivity index (χ1) is 7.60. The van der Waals surface area contributed by atoms with Gasteiger partial charge in [-0.2, -0.15) is 0 Å². The molecule has 0 aliphatic heterocycles. The highest BCUT2D eigenvalue weighted by Gasteiger charge is 2.38. The second-order valence-electron chi connectivity index (χ2n) is 3.34. The van der Waals surface area contributed by atoms with E-state index in [4.69, 9.17) is 24.1 Å². The van der Waals surface area contributed by atoms with Gasteiger partial charge in [0.05, 0.1) is 0 Å². The number of hydrogen-bond acceptors (Lipinski definition) is 5. The van der Waals surface area contributed by atoms with Crippen molar-refractivity contribution in [2.24, 2.45) is 5.73 Å². The van der Waals surface area contributed by atoms with Crippen molar-refractivity contribution in [2.45, 2.75) is 25.3 Å². The highest BCUT2D eigenvalue weighted by atomic mass is 28.4. The van der Waals surface area contributed by atoms with Crippen molar-refractivity contribution in [3.63, 3.8) is 0 Å². The molecule has 16 heavy (non-hydrogen) atoms. The predicted octanol–water partition coefficient (Wildman–Crippen LogP) is -0.117. The molecular weight excluding hydrogens is 230 g/mol. The molecule has 0 saturated carbocycles. The molecule has 0 rings (SSSR count). The van der Waals surface area contributed by atoms with Crippen LogP contribution < -0.4 is 5.73 Å². The minimum atomic E-state index is -2.67. The molecule has 7 heteroatoms. The van der Waals surface area contributed by atoms with Crippen molar-refractivity contribution in [1.82, 2.24) is 0 Å². The summed E-state index contributed by atoms with van der Waals surface area (Å²) in [6, 6.07) is 0.550. The first kappa shape index (κ1) is 15.5. The van der Waals surface area contributed by atoms with E-state index in [-0.39, 0.29) is 12.5 Å². The summed E-state index contributed by atoms with van der Waals surface area (Å²) in [5.74, 6) is -0.342. The second kappa shape index (κ2) is 8.65. The number of amides is 1. The molecule has 0 atom stereocenters. The maximum Gasteiger partial charge on any atom is 0.500 e. The van der Waals surface area contributed by atoms with E-state index in [0.29, 0.717) is 31.9 Å². The van der Waals surface area contributed by atoms with Gasteiger partial charge in [0.25, 0.3) is 0 Å². The van der Waals surface area contributed by atoms with E-state index >= 15 is 0 Å². The molecule has 0 fully saturated rings. The molecule has 0 aromatic carbocycles. The predicted molar refractivity (Wildman–Crippen MR) is 60.7 cm³/mol. The van der Waals surface area contributed by atoms with Crippen LogP contribution in [0.4, 0.5) is 0 Å². The SMILES string of the molecule is CO[Si](CCCC(N)=O)(OC)OCCCO. The molecule has 0 aromatic heterocycles. The van der Waals surface area contributed by atoms with Gasteiger partial charge >= 0.3 is 8.80 Å². The van der Waals surface area contributed by atoms with Crippen molar-refractivity contribution in [3.8, 4) is 0 Å². The van der Waals surface area contributed by atoms with Gasteiger partial charge in [-0.1, -0.05) is 0 Å². The van der Waals surface area contributed by atoms with Crippen LogP contribution in [0.5, 0.6) is 0 Å². The summed E-state index contributed by atoms with van der Waals surface area (Å²) >= 11 is 0. The first-order valence-electron chi connectivity index (χ1n) is 5.23. The number of aliphatic hydroxyl groups is 1. The number of hydrogen-bond donors (Lipinski definition) is 2. The molecule has 6 nitrogen and oxygen atoms in total. The molecule has 96 valence electrons. The van der Waals surface area contributed by atoms with Gasteiger partial charge in [-0.05, 0) is 12.8 Å². The van der Waals surface area contributed by atoms with E-state index in [0.717, 1.165) is 0 Å². The van der Waals surface area contributed by atoms with E-state index in [1.807, 2.05) is 0 Å². The van der Waals surface area contributed by atoms with Gasteiger partial charge in [0, 0.05) is 39.9 Å². The summed E-state index contributed by atoms with van der Waals surface area (Å²) in [5, 5.41) is 8.65. The lowest BCUT2D eigenvalue weighted by molar-refractivity contribution is -0.118. The quantitative estimate of drug-likeness (QED) is 0.417. The van der Waals surface area contributed by atoms with Crippen LogP contribution in [0.2, 0.25) is 6.04 Å². The Hall–Kier alpha value is -0.473. The van der Waals surface area contributed by atoms with Crippen LogP contribution in [-0.2, 0) is 18.1 Å². The summed E-state index contributed by atoms with van der Waals surface area (Å²) in [4.78, 5) is 10.6. The Morgan fingerprint density at radius 1 is 1.31 bits per heavy atom. The van der Waals surface area contributed by atoms with E-state index in [1.54, 1.807) is 0 Å². The number of primary amides is 1. The molecule has 1 amide bonds. The Labute approximate surface area is 97.0 Å². The van der Waals surface area contributed by atoms with Crippen molar-refractivity contribution >= 4 is 14.7 Å². The van der Waals surface area contributed by atoms with Crippen molar-refractivity contribution < 1.29 is 23.2 Å². The van der Waals surface area contributed by atoms with E-state index in [1.165, 1.54) is 14.2 Å². The Morgan fingerprint density at radius 2 is 1.94 bits per heavy atom. The van der Waals surface area contributed by atoms with Crippen molar-refractivity contribution in [3.05, 3.63) is 0 Å². The zero-order chi connectivity index (χ0) is 12.4. The van der Waals surface area contributed by atoms with Gasteiger partial charge < -0.3 is 24.1 Å². The Kier molecular flexibility index (Phi) is 8.40. The third-order valence-electron chi connectivity index (χ3n) is 2.15. The van der Waals surface area contributed by atoms with Crippen LogP contribution in [0.25, 0.3) is 0 Å². The highest BCUT2D eigenvalue weighted by Crippen LogP contribution is 2.17. The molecule has 0 radical (unpaired) electrons. The standard InChI is InChI=1S/C9H21NO5Si/c1-13-16(14-2,15-7-4-6-11)8-3-5-9(10)12/h11H,3-8H2,1-2H3,(H2,10,12). The largest absolute Gasteiger partial charge is 0.500 e. The zero-order valence-electron chi connectivity index (χ0n) is 9.90. The minimum absolute atomic E-state index is 0.0686. The average Bonchev–Trinajstić information content (AvgIpc) is 2.27. The highest BCUT2D eigenvalue weighted by molar-refractivity contribution is 6.60. The molecule has 0 saturated heterocycles. The Balaban J connectivity index is 4.04. The molecule has 0 spiro atoms. The fraction of sp³-hybridized carbons (Fsp3) is 0.889. The third kappa shape index (κ3) is 6.18. The molecular formula is C9H21NO5Si. The van der Waals surface area contributed by atoms with Gasteiger partial charge in [-0.15, -0.1) is 0 Å². The molecule has 0 heterocycles. The maximum absolute atomic E-state index is 10.6. The molecule has 0 unspecified atom stereocenters. The summed E-state index contributed by atoms with van der Waals surface area (Å²) in [5.41, 5.74) is 5.05. The zero-order valence-corrected chi connectivity index (χ0v) is 10.9. The van der Waals surface area contributed by atoms with Crippen molar-refractivity contribution in [1.29, 1.82) is 0 Å². The first-order valence-corrected chi connectivity index (χ1v) is 7.17. The maximum atomic E-state index is 10.6. The van der Waals surface area contributed by atoms with E-state index < -0.39 is 8.80 Å². The summed E-state index contributed by atoms with van der Waals surface area (Å²) in [6.07, 6.45) is 1.42. The van der Waals surface area contributed by atoms with Gasteiger partial charge in [0.2, 0.25) is 5.91 Å². The fourth-order valence-corrected chi connectivity index (χ4v) is 3.27. The normalized spacial score (nSPS) is 11.7. The van der Waals surface area contributed by atoms with Gasteiger partial charge in [-0.3, -0.25) is 4.79 Å². The number of rotatable bonds is 10. The van der Waals surface area contributed by atoms with Crippen molar-refractivity contribution in [2.75, 3.05) is 27.4 Å². The van der Waals surface area contributed by atoms with Crippen LogP contribution >= 0.6 is 0 Å². The molecule has 0 bridgehead atoms. The number of carbonyl (C=O) groups excluding carboxylic acids is 1. The number of carbonyl (C=O) groups is 1. The monoisotopic (exact) mass is 251 g/mol. The Bertz CT molecular complexity index is 198. The van der Waals surface area contributed by atoms with Gasteiger partial charge in [0.15, 0.2) is 0 Å². The van der Waals surface area contributed by atoms with E-state index in [2.05, 4.69) is 0 Å². The second-order valence-corrected chi connectivity index (χ2v) is 6.31. The van der Waals surface area contributed by atoms with Gasteiger partial charge in [-0.25, -0.2) is 0 Å². The average molecular weight is 251 g/mol. The lowest BCUT2D eigenvalue weighted by atomic mass is 10.3. The molecule has 0 aliphatic rings. The summed E-state index contributed by atoms with van der Waals surface area (Å²) < 4.78 is 16.1. The topological polar surface area (TPSA) is 91.0 Å². The lowest BCUT2D eigenvalue weighted by Crippen LogP contribution is -2.44. The lowest BCUT2D eigenvalue weighted by Gasteiger charge is -2.26. The minimum Gasteiger partial charge on any atom is -0.396 e. The van der Waals surface area contributed by atoms with Crippen LogP contribution in [0, 0.1) is 0 Å². The summed E-state index contributed by atoms with van der Waals surface area (Å²) in [7, 11) is 0.387. The smallest absolute Gasteiger partial charge is 0.396 e.